The Morgan fingerprint density at radius 3 is 2.86 bits per heavy atom. The van der Waals surface area contributed by atoms with Crippen LogP contribution in [0, 0.1) is 5.95 Å². The van der Waals surface area contributed by atoms with Gasteiger partial charge in [-0.15, -0.1) is 0 Å². The van der Waals surface area contributed by atoms with Gasteiger partial charge in [-0.25, -0.2) is 9.97 Å². The molecule has 72 valence electrons. The highest BCUT2D eigenvalue weighted by atomic mass is 19.1. The van der Waals surface area contributed by atoms with Crippen LogP contribution in [0.2, 0.25) is 0 Å². The van der Waals surface area contributed by atoms with E-state index in [1.54, 1.807) is 24.0 Å². The number of hydrogen-bond donors (Lipinski definition) is 1. The minimum absolute atomic E-state index is 0.385. The topological polar surface area (TPSA) is 55.6 Å². The molecule has 0 saturated heterocycles. The third-order valence-electron chi connectivity index (χ3n) is 1.60. The Hall–Kier alpha value is -1.98. The van der Waals surface area contributed by atoms with Crippen LogP contribution >= 0.6 is 0 Å². The Bertz CT molecular complexity index is 439. The molecular weight excluding hydrogens is 185 g/mol. The van der Waals surface area contributed by atoms with Crippen LogP contribution in [0.25, 0.3) is 0 Å². The van der Waals surface area contributed by atoms with Gasteiger partial charge in [0.1, 0.15) is 12.1 Å². The number of aromatic nitrogens is 4. The molecule has 2 heterocycles. The number of aryl methyl sites for hydroxylation is 1. The van der Waals surface area contributed by atoms with Gasteiger partial charge in [0.05, 0.1) is 0 Å². The first kappa shape index (κ1) is 8.61. The Labute approximate surface area is 79.6 Å². The van der Waals surface area contributed by atoms with E-state index in [2.05, 4.69) is 20.4 Å². The maximum atomic E-state index is 12.7. The molecule has 0 fully saturated rings. The van der Waals surface area contributed by atoms with Gasteiger partial charge in [-0.1, -0.05) is 0 Å². The lowest BCUT2D eigenvalue weighted by atomic mass is 10.5. The molecule has 5 nitrogen and oxygen atoms in total. The molecule has 2 rings (SSSR count). The number of nitrogens with zero attached hydrogens (tertiary/aromatic N) is 4. The van der Waals surface area contributed by atoms with Crippen LogP contribution in [-0.4, -0.2) is 19.7 Å². The molecule has 2 aromatic heterocycles. The SMILES string of the molecule is Cn1ccc(Nc2cc(F)ncn2)n1. The van der Waals surface area contributed by atoms with E-state index in [1.165, 1.54) is 6.07 Å². The molecule has 0 saturated carbocycles. The monoisotopic (exact) mass is 193 g/mol. The summed E-state index contributed by atoms with van der Waals surface area (Å²) in [4.78, 5) is 7.18. The number of rotatable bonds is 2. The molecule has 0 aliphatic carbocycles. The van der Waals surface area contributed by atoms with E-state index < -0.39 is 5.95 Å². The van der Waals surface area contributed by atoms with Crippen LogP contribution < -0.4 is 5.32 Å². The van der Waals surface area contributed by atoms with E-state index in [4.69, 9.17) is 0 Å². The summed E-state index contributed by atoms with van der Waals surface area (Å²) in [5, 5.41) is 6.90. The lowest BCUT2D eigenvalue weighted by Crippen LogP contribution is -1.97. The highest BCUT2D eigenvalue weighted by Gasteiger charge is 2.00. The largest absolute Gasteiger partial charge is 0.323 e. The summed E-state index contributed by atoms with van der Waals surface area (Å²) in [5.41, 5.74) is 0. The van der Waals surface area contributed by atoms with E-state index in [0.717, 1.165) is 6.33 Å². The second-order valence-electron chi connectivity index (χ2n) is 2.73. The summed E-state index contributed by atoms with van der Waals surface area (Å²) < 4.78 is 14.3. The van der Waals surface area contributed by atoms with Crippen molar-refractivity contribution in [2.24, 2.45) is 7.05 Å². The average Bonchev–Trinajstić information content (AvgIpc) is 2.51. The van der Waals surface area contributed by atoms with Crippen LogP contribution in [0.4, 0.5) is 16.0 Å². The van der Waals surface area contributed by atoms with Crippen LogP contribution in [0.15, 0.2) is 24.7 Å². The Morgan fingerprint density at radius 2 is 2.21 bits per heavy atom. The average molecular weight is 193 g/mol. The fraction of sp³-hybridized carbons (Fsp3) is 0.125. The highest BCUT2D eigenvalue weighted by molar-refractivity contribution is 5.49. The zero-order chi connectivity index (χ0) is 9.97. The predicted octanol–water partition coefficient (Wildman–Crippen LogP) is 1.09. The van der Waals surface area contributed by atoms with Crippen molar-refractivity contribution in [2.75, 3.05) is 5.32 Å². The first-order valence-electron chi connectivity index (χ1n) is 3.98. The Kier molecular flexibility index (Phi) is 2.10. The van der Waals surface area contributed by atoms with Gasteiger partial charge in [-0.05, 0) is 0 Å². The lowest BCUT2D eigenvalue weighted by molar-refractivity contribution is 0.580. The Balaban J connectivity index is 2.18. The highest BCUT2D eigenvalue weighted by Crippen LogP contribution is 2.10. The van der Waals surface area contributed by atoms with Crippen LogP contribution in [0.5, 0.6) is 0 Å². The first-order valence-corrected chi connectivity index (χ1v) is 3.98. The molecule has 14 heavy (non-hydrogen) atoms. The molecule has 0 spiro atoms. The van der Waals surface area contributed by atoms with Crippen LogP contribution in [0.1, 0.15) is 0 Å². The van der Waals surface area contributed by atoms with Crippen molar-refractivity contribution in [3.63, 3.8) is 0 Å². The number of anilines is 2. The minimum Gasteiger partial charge on any atom is -0.323 e. The summed E-state index contributed by atoms with van der Waals surface area (Å²) in [7, 11) is 1.80. The zero-order valence-electron chi connectivity index (χ0n) is 7.48. The molecular formula is C8H8FN5. The van der Waals surface area contributed by atoms with E-state index in [1.807, 2.05) is 0 Å². The van der Waals surface area contributed by atoms with Crippen molar-refractivity contribution in [3.05, 3.63) is 30.6 Å². The smallest absolute Gasteiger partial charge is 0.218 e. The minimum atomic E-state index is -0.571. The molecule has 0 aromatic carbocycles. The molecule has 0 amide bonds. The summed E-state index contributed by atoms with van der Waals surface area (Å²) in [6.07, 6.45) is 2.93. The first-order chi connectivity index (χ1) is 6.74. The third-order valence-corrected chi connectivity index (χ3v) is 1.60. The lowest BCUT2D eigenvalue weighted by Gasteiger charge is -1.99. The number of hydrogen-bond acceptors (Lipinski definition) is 4. The second kappa shape index (κ2) is 3.41. The van der Waals surface area contributed by atoms with Crippen molar-refractivity contribution in [1.82, 2.24) is 19.7 Å². The third kappa shape index (κ3) is 1.85. The van der Waals surface area contributed by atoms with Crippen LogP contribution in [-0.2, 0) is 7.05 Å². The van der Waals surface area contributed by atoms with Gasteiger partial charge in [0.15, 0.2) is 5.82 Å². The fourth-order valence-corrected chi connectivity index (χ4v) is 1.01. The molecule has 2 aromatic rings. The van der Waals surface area contributed by atoms with Crippen molar-refractivity contribution in [1.29, 1.82) is 0 Å². The van der Waals surface area contributed by atoms with Gasteiger partial charge in [0, 0.05) is 25.4 Å². The molecule has 0 radical (unpaired) electrons. The quantitative estimate of drug-likeness (QED) is 0.725. The van der Waals surface area contributed by atoms with Crippen LogP contribution in [0.3, 0.4) is 0 Å². The van der Waals surface area contributed by atoms with Crippen molar-refractivity contribution in [3.8, 4) is 0 Å². The fourth-order valence-electron chi connectivity index (χ4n) is 1.01. The maximum absolute atomic E-state index is 12.7. The van der Waals surface area contributed by atoms with Gasteiger partial charge < -0.3 is 5.32 Å². The van der Waals surface area contributed by atoms with Gasteiger partial charge in [-0.2, -0.15) is 9.49 Å². The zero-order valence-corrected chi connectivity index (χ0v) is 7.48. The molecule has 0 aliphatic heterocycles. The van der Waals surface area contributed by atoms with Crippen molar-refractivity contribution < 1.29 is 4.39 Å². The van der Waals surface area contributed by atoms with Gasteiger partial charge >= 0.3 is 0 Å². The number of nitrogens with one attached hydrogen (secondary N) is 1. The summed E-state index contributed by atoms with van der Waals surface area (Å²) in [5.74, 6) is 0.431. The normalized spacial score (nSPS) is 10.1. The van der Waals surface area contributed by atoms with Gasteiger partial charge in [0.25, 0.3) is 0 Å². The molecule has 0 atom stereocenters. The number of halogens is 1. The predicted molar refractivity (Wildman–Crippen MR) is 48.5 cm³/mol. The van der Waals surface area contributed by atoms with Gasteiger partial charge in [-0.3, -0.25) is 4.68 Å². The second-order valence-corrected chi connectivity index (χ2v) is 2.73. The summed E-state index contributed by atoms with van der Waals surface area (Å²) in [6.45, 7) is 0. The van der Waals surface area contributed by atoms with E-state index in [-0.39, 0.29) is 0 Å². The summed E-state index contributed by atoms with van der Waals surface area (Å²) in [6, 6.07) is 2.97. The molecule has 6 heteroatoms. The van der Waals surface area contributed by atoms with E-state index in [9.17, 15) is 4.39 Å². The summed E-state index contributed by atoms with van der Waals surface area (Å²) >= 11 is 0. The van der Waals surface area contributed by atoms with Crippen molar-refractivity contribution >= 4 is 11.6 Å². The molecule has 0 unspecified atom stereocenters. The standard InChI is InChI=1S/C8H8FN5/c1-14-3-2-7(13-14)12-8-4-6(9)10-5-11-8/h2-5H,1H3,(H,10,11,12,13). The molecule has 0 bridgehead atoms. The van der Waals surface area contributed by atoms with Gasteiger partial charge in [0.2, 0.25) is 5.95 Å². The van der Waals surface area contributed by atoms with E-state index in [0.29, 0.717) is 11.6 Å². The molecule has 0 aliphatic rings. The molecule has 1 N–H and O–H groups in total. The Morgan fingerprint density at radius 1 is 1.36 bits per heavy atom. The maximum Gasteiger partial charge on any atom is 0.218 e. The van der Waals surface area contributed by atoms with Crippen molar-refractivity contribution in [2.45, 2.75) is 0 Å². The van der Waals surface area contributed by atoms with E-state index >= 15 is 0 Å².